The molecule has 2 rings (SSSR count). The fourth-order valence-electron chi connectivity index (χ4n) is 2.17. The van der Waals surface area contributed by atoms with Gasteiger partial charge in [-0.15, -0.1) is 0 Å². The predicted octanol–water partition coefficient (Wildman–Crippen LogP) is 2.32. The van der Waals surface area contributed by atoms with E-state index in [0.717, 1.165) is 38.3 Å². The molecule has 0 amide bonds. The van der Waals surface area contributed by atoms with Crippen molar-refractivity contribution in [2.45, 2.75) is 12.5 Å². The van der Waals surface area contributed by atoms with Gasteiger partial charge >= 0.3 is 0 Å². The van der Waals surface area contributed by atoms with E-state index in [4.69, 9.17) is 23.2 Å². The first-order valence-electron chi connectivity index (χ1n) is 6.23. The van der Waals surface area contributed by atoms with E-state index in [-0.39, 0.29) is 0 Å². The summed E-state index contributed by atoms with van der Waals surface area (Å²) < 4.78 is 0. The monoisotopic (exact) mass is 288 g/mol. The van der Waals surface area contributed by atoms with Gasteiger partial charge in [0, 0.05) is 42.8 Å². The Morgan fingerprint density at radius 1 is 1.28 bits per heavy atom. The molecule has 1 atom stereocenters. The van der Waals surface area contributed by atoms with E-state index in [2.05, 4.69) is 10.2 Å². The summed E-state index contributed by atoms with van der Waals surface area (Å²) >= 11 is 11.9. The van der Waals surface area contributed by atoms with Crippen molar-refractivity contribution in [2.24, 2.45) is 0 Å². The standard InChI is InChI=1S/C13H18Cl2N2O/c14-10-1-2-11(12(15)9-10)13(18)3-6-17-7-4-16-5-8-17/h1-2,9,13,16,18H,3-8H2. The van der Waals surface area contributed by atoms with E-state index >= 15 is 0 Å². The lowest BCUT2D eigenvalue weighted by atomic mass is 10.1. The minimum absolute atomic E-state index is 0.523. The predicted molar refractivity (Wildman–Crippen MR) is 75.3 cm³/mol. The number of halogens is 2. The molecule has 1 aliphatic rings. The number of piperazine rings is 1. The Labute approximate surface area is 118 Å². The second kappa shape index (κ2) is 6.73. The molecule has 0 aromatic heterocycles. The van der Waals surface area contributed by atoms with Gasteiger partial charge in [0.15, 0.2) is 0 Å². The SMILES string of the molecule is OC(CCN1CCNCC1)c1ccc(Cl)cc1Cl. The molecular formula is C13H18Cl2N2O. The Morgan fingerprint density at radius 3 is 2.67 bits per heavy atom. The number of benzene rings is 1. The molecule has 1 heterocycles. The first kappa shape index (κ1) is 14.1. The quantitative estimate of drug-likeness (QED) is 0.893. The van der Waals surface area contributed by atoms with Crippen molar-refractivity contribution in [3.63, 3.8) is 0 Å². The van der Waals surface area contributed by atoms with Crippen LogP contribution in [0.1, 0.15) is 18.1 Å². The summed E-state index contributed by atoms with van der Waals surface area (Å²) in [6.45, 7) is 5.03. The normalized spacial score (nSPS) is 18.8. The van der Waals surface area contributed by atoms with Crippen molar-refractivity contribution in [3.05, 3.63) is 33.8 Å². The van der Waals surface area contributed by atoms with Crippen molar-refractivity contribution < 1.29 is 5.11 Å². The Hall–Kier alpha value is -0.320. The molecule has 1 aromatic carbocycles. The van der Waals surface area contributed by atoms with Crippen LogP contribution in [0.15, 0.2) is 18.2 Å². The van der Waals surface area contributed by atoms with Crippen LogP contribution in [0.2, 0.25) is 10.0 Å². The van der Waals surface area contributed by atoms with E-state index in [1.807, 2.05) is 0 Å². The zero-order valence-electron chi connectivity index (χ0n) is 10.2. The van der Waals surface area contributed by atoms with E-state index in [0.29, 0.717) is 16.5 Å². The molecule has 3 nitrogen and oxygen atoms in total. The van der Waals surface area contributed by atoms with Gasteiger partial charge in [-0.2, -0.15) is 0 Å². The third-order valence-corrected chi connectivity index (χ3v) is 3.81. The molecule has 0 radical (unpaired) electrons. The van der Waals surface area contributed by atoms with Gasteiger partial charge in [-0.25, -0.2) is 0 Å². The highest BCUT2D eigenvalue weighted by atomic mass is 35.5. The molecule has 1 saturated heterocycles. The minimum atomic E-state index is -0.523. The van der Waals surface area contributed by atoms with E-state index < -0.39 is 6.10 Å². The Morgan fingerprint density at radius 2 is 2.00 bits per heavy atom. The highest BCUT2D eigenvalue weighted by molar-refractivity contribution is 6.35. The summed E-state index contributed by atoms with van der Waals surface area (Å²) in [5, 5.41) is 14.6. The van der Waals surface area contributed by atoms with Crippen LogP contribution in [0.3, 0.4) is 0 Å². The molecule has 18 heavy (non-hydrogen) atoms. The second-order valence-corrected chi connectivity index (χ2v) is 5.41. The topological polar surface area (TPSA) is 35.5 Å². The zero-order chi connectivity index (χ0) is 13.0. The van der Waals surface area contributed by atoms with Crippen LogP contribution in [0, 0.1) is 0 Å². The number of nitrogens with zero attached hydrogens (tertiary/aromatic N) is 1. The Kier molecular flexibility index (Phi) is 5.27. The fourth-order valence-corrected chi connectivity index (χ4v) is 2.70. The third-order valence-electron chi connectivity index (χ3n) is 3.25. The highest BCUT2D eigenvalue weighted by Gasteiger charge is 2.15. The first-order chi connectivity index (χ1) is 8.66. The Bertz CT molecular complexity index is 395. The van der Waals surface area contributed by atoms with Crippen molar-refractivity contribution in [1.29, 1.82) is 0 Å². The van der Waals surface area contributed by atoms with Gasteiger partial charge in [-0.3, -0.25) is 0 Å². The number of nitrogens with one attached hydrogen (secondary N) is 1. The number of aliphatic hydroxyl groups is 1. The number of rotatable bonds is 4. The second-order valence-electron chi connectivity index (χ2n) is 4.56. The lowest BCUT2D eigenvalue weighted by Crippen LogP contribution is -2.44. The van der Waals surface area contributed by atoms with Gasteiger partial charge in [0.05, 0.1) is 6.10 Å². The minimum Gasteiger partial charge on any atom is -0.388 e. The fraction of sp³-hybridized carbons (Fsp3) is 0.538. The summed E-state index contributed by atoms with van der Waals surface area (Å²) in [5.41, 5.74) is 0.760. The van der Waals surface area contributed by atoms with Gasteiger partial charge in [-0.05, 0) is 24.1 Å². The van der Waals surface area contributed by atoms with Gasteiger partial charge in [0.2, 0.25) is 0 Å². The molecule has 100 valence electrons. The summed E-state index contributed by atoms with van der Waals surface area (Å²) in [7, 11) is 0. The van der Waals surface area contributed by atoms with Crippen LogP contribution in [-0.2, 0) is 0 Å². The maximum absolute atomic E-state index is 10.2. The summed E-state index contributed by atoms with van der Waals surface area (Å²) in [4.78, 5) is 2.35. The van der Waals surface area contributed by atoms with Gasteiger partial charge in [0.1, 0.15) is 0 Å². The van der Waals surface area contributed by atoms with Crippen LogP contribution < -0.4 is 5.32 Å². The molecule has 2 N–H and O–H groups in total. The number of hydrogen-bond acceptors (Lipinski definition) is 3. The molecular weight excluding hydrogens is 271 g/mol. The molecule has 0 bridgehead atoms. The molecule has 0 saturated carbocycles. The van der Waals surface area contributed by atoms with Crippen molar-refractivity contribution in [2.75, 3.05) is 32.7 Å². The lowest BCUT2D eigenvalue weighted by Gasteiger charge is -2.28. The maximum atomic E-state index is 10.2. The smallest absolute Gasteiger partial charge is 0.0816 e. The van der Waals surface area contributed by atoms with Crippen molar-refractivity contribution >= 4 is 23.2 Å². The van der Waals surface area contributed by atoms with Crippen molar-refractivity contribution in [1.82, 2.24) is 10.2 Å². The first-order valence-corrected chi connectivity index (χ1v) is 6.98. The third kappa shape index (κ3) is 3.84. The number of aliphatic hydroxyl groups excluding tert-OH is 1. The average molecular weight is 289 g/mol. The molecule has 1 aromatic rings. The maximum Gasteiger partial charge on any atom is 0.0816 e. The molecule has 1 aliphatic heterocycles. The zero-order valence-corrected chi connectivity index (χ0v) is 11.7. The van der Waals surface area contributed by atoms with Crippen LogP contribution in [0.4, 0.5) is 0 Å². The van der Waals surface area contributed by atoms with E-state index in [9.17, 15) is 5.11 Å². The largest absolute Gasteiger partial charge is 0.388 e. The van der Waals surface area contributed by atoms with Crippen LogP contribution in [0.5, 0.6) is 0 Å². The highest BCUT2D eigenvalue weighted by Crippen LogP contribution is 2.28. The van der Waals surface area contributed by atoms with Crippen LogP contribution >= 0.6 is 23.2 Å². The number of hydrogen-bond donors (Lipinski definition) is 2. The van der Waals surface area contributed by atoms with Gasteiger partial charge in [0.25, 0.3) is 0 Å². The Balaban J connectivity index is 1.88. The average Bonchev–Trinajstić information content (AvgIpc) is 2.37. The molecule has 5 heteroatoms. The van der Waals surface area contributed by atoms with Crippen LogP contribution in [-0.4, -0.2) is 42.7 Å². The molecule has 1 fully saturated rings. The summed E-state index contributed by atoms with van der Waals surface area (Å²) in [5.74, 6) is 0. The lowest BCUT2D eigenvalue weighted by molar-refractivity contribution is 0.137. The summed E-state index contributed by atoms with van der Waals surface area (Å²) in [6, 6.07) is 5.23. The van der Waals surface area contributed by atoms with Gasteiger partial charge < -0.3 is 15.3 Å². The van der Waals surface area contributed by atoms with E-state index in [1.54, 1.807) is 18.2 Å². The summed E-state index contributed by atoms with van der Waals surface area (Å²) in [6.07, 6.45) is 0.172. The molecule has 0 spiro atoms. The molecule has 1 unspecified atom stereocenters. The van der Waals surface area contributed by atoms with E-state index in [1.165, 1.54) is 0 Å². The van der Waals surface area contributed by atoms with Gasteiger partial charge in [-0.1, -0.05) is 29.3 Å². The molecule has 0 aliphatic carbocycles. The van der Waals surface area contributed by atoms with Crippen molar-refractivity contribution in [3.8, 4) is 0 Å². The van der Waals surface area contributed by atoms with Crippen LogP contribution in [0.25, 0.3) is 0 Å².